The maximum atomic E-state index is 11.9. The van der Waals surface area contributed by atoms with E-state index in [0.29, 0.717) is 29.4 Å². The number of hydrogen-bond donors (Lipinski definition) is 2. The zero-order valence-electron chi connectivity index (χ0n) is 9.91. The smallest absolute Gasteiger partial charge is 0.256 e. The first-order valence-corrected chi connectivity index (χ1v) is 5.56. The van der Waals surface area contributed by atoms with Crippen molar-refractivity contribution in [3.05, 3.63) is 34.0 Å². The number of hydrogen-bond acceptors (Lipinski definition) is 4. The molecular formula is C12H15N3O2. The van der Waals surface area contributed by atoms with Crippen molar-refractivity contribution in [2.75, 3.05) is 5.73 Å². The monoisotopic (exact) mass is 233 g/mol. The number of rotatable bonds is 3. The number of nitrogens with two attached hydrogens (primary N) is 1. The summed E-state index contributed by atoms with van der Waals surface area (Å²) in [5.74, 6) is 1.46. The van der Waals surface area contributed by atoms with Gasteiger partial charge in [0.2, 0.25) is 0 Å². The van der Waals surface area contributed by atoms with Gasteiger partial charge in [0.25, 0.3) is 5.56 Å². The highest BCUT2D eigenvalue weighted by molar-refractivity contribution is 5.59. The Morgan fingerprint density at radius 3 is 2.82 bits per heavy atom. The lowest BCUT2D eigenvalue weighted by molar-refractivity contribution is 0.535. The van der Waals surface area contributed by atoms with Crippen molar-refractivity contribution in [1.29, 1.82) is 0 Å². The normalized spacial score (nSPS) is 10.7. The molecular weight excluding hydrogens is 218 g/mol. The molecule has 5 heteroatoms. The van der Waals surface area contributed by atoms with Crippen LogP contribution in [-0.2, 0) is 6.42 Å². The molecule has 5 nitrogen and oxygen atoms in total. The second-order valence-corrected chi connectivity index (χ2v) is 3.92. The molecule has 0 saturated heterocycles. The van der Waals surface area contributed by atoms with Crippen LogP contribution in [0.25, 0.3) is 11.4 Å². The topological polar surface area (TPSA) is 84.9 Å². The molecule has 2 heterocycles. The molecule has 2 aromatic rings. The van der Waals surface area contributed by atoms with E-state index >= 15 is 0 Å². The Morgan fingerprint density at radius 2 is 2.29 bits per heavy atom. The second-order valence-electron chi connectivity index (χ2n) is 3.92. The van der Waals surface area contributed by atoms with Crippen molar-refractivity contribution >= 4 is 5.82 Å². The summed E-state index contributed by atoms with van der Waals surface area (Å²) in [4.78, 5) is 18.8. The summed E-state index contributed by atoms with van der Waals surface area (Å²) >= 11 is 0. The van der Waals surface area contributed by atoms with Gasteiger partial charge in [-0.1, -0.05) is 13.3 Å². The van der Waals surface area contributed by atoms with Crippen molar-refractivity contribution in [3.63, 3.8) is 0 Å². The molecule has 0 spiro atoms. The van der Waals surface area contributed by atoms with E-state index in [1.54, 1.807) is 12.3 Å². The third kappa shape index (κ3) is 2.08. The van der Waals surface area contributed by atoms with Gasteiger partial charge < -0.3 is 15.1 Å². The zero-order chi connectivity index (χ0) is 12.4. The Bertz CT molecular complexity index is 584. The fourth-order valence-electron chi connectivity index (χ4n) is 1.76. The predicted octanol–water partition coefficient (Wildman–Crippen LogP) is 1.87. The second kappa shape index (κ2) is 4.45. The highest BCUT2D eigenvalue weighted by Crippen LogP contribution is 2.21. The molecule has 0 aliphatic heterocycles. The minimum atomic E-state index is -0.171. The summed E-state index contributed by atoms with van der Waals surface area (Å²) in [5.41, 5.74) is 6.95. The molecule has 0 aliphatic carbocycles. The lowest BCUT2D eigenvalue weighted by Gasteiger charge is -2.05. The molecule has 0 unspecified atom stereocenters. The summed E-state index contributed by atoms with van der Waals surface area (Å²) in [6, 6.07) is 1.76. The average molecular weight is 233 g/mol. The molecule has 0 saturated carbocycles. The van der Waals surface area contributed by atoms with Crippen molar-refractivity contribution < 1.29 is 4.42 Å². The molecule has 0 fully saturated rings. The number of aromatic amines is 1. The van der Waals surface area contributed by atoms with Crippen LogP contribution < -0.4 is 11.3 Å². The Hall–Kier alpha value is -2.04. The molecule has 0 bridgehead atoms. The quantitative estimate of drug-likeness (QED) is 0.847. The zero-order valence-corrected chi connectivity index (χ0v) is 9.91. The lowest BCUT2D eigenvalue weighted by atomic mass is 10.1. The van der Waals surface area contributed by atoms with Gasteiger partial charge in [-0.25, -0.2) is 4.98 Å². The van der Waals surface area contributed by atoms with Gasteiger partial charge in [0.1, 0.15) is 17.4 Å². The maximum Gasteiger partial charge on any atom is 0.256 e. The van der Waals surface area contributed by atoms with Gasteiger partial charge in [-0.15, -0.1) is 0 Å². The van der Waals surface area contributed by atoms with E-state index in [4.69, 9.17) is 10.2 Å². The van der Waals surface area contributed by atoms with Gasteiger partial charge in [-0.05, 0) is 19.4 Å². The van der Waals surface area contributed by atoms with Crippen LogP contribution in [0.15, 0.2) is 21.5 Å². The van der Waals surface area contributed by atoms with E-state index in [0.717, 1.165) is 12.0 Å². The number of aromatic nitrogens is 2. The summed E-state index contributed by atoms with van der Waals surface area (Å²) in [6.45, 7) is 3.80. The van der Waals surface area contributed by atoms with E-state index in [-0.39, 0.29) is 5.56 Å². The van der Waals surface area contributed by atoms with Crippen LogP contribution >= 0.6 is 0 Å². The molecule has 2 rings (SSSR count). The molecule has 90 valence electrons. The number of nitrogen functional groups attached to an aromatic ring is 1. The lowest BCUT2D eigenvalue weighted by Crippen LogP contribution is -2.18. The van der Waals surface area contributed by atoms with Crippen molar-refractivity contribution in [2.45, 2.75) is 26.7 Å². The van der Waals surface area contributed by atoms with E-state index in [1.807, 2.05) is 13.8 Å². The summed E-state index contributed by atoms with van der Waals surface area (Å²) in [7, 11) is 0. The van der Waals surface area contributed by atoms with Gasteiger partial charge in [0.15, 0.2) is 0 Å². The highest BCUT2D eigenvalue weighted by Gasteiger charge is 2.12. The summed E-state index contributed by atoms with van der Waals surface area (Å²) in [5, 5.41) is 0. The minimum Gasteiger partial charge on any atom is -0.469 e. The number of furan rings is 1. The fraction of sp³-hybridized carbons (Fsp3) is 0.333. The van der Waals surface area contributed by atoms with E-state index < -0.39 is 0 Å². The van der Waals surface area contributed by atoms with Crippen molar-refractivity contribution in [3.8, 4) is 11.4 Å². The Kier molecular flexibility index (Phi) is 2.99. The summed E-state index contributed by atoms with van der Waals surface area (Å²) < 4.78 is 5.17. The first kappa shape index (κ1) is 11.4. The fourth-order valence-corrected chi connectivity index (χ4v) is 1.76. The standard InChI is InChI=1S/C12H15N3O2/c1-3-4-9-10(13)14-11(15-12(9)16)8-5-6-17-7(8)2/h5-6H,3-4H2,1-2H3,(H3,13,14,15,16). The van der Waals surface area contributed by atoms with Crippen LogP contribution in [0.2, 0.25) is 0 Å². The molecule has 0 aromatic carbocycles. The number of nitrogens with one attached hydrogen (secondary N) is 1. The van der Waals surface area contributed by atoms with Crippen LogP contribution in [0.4, 0.5) is 5.82 Å². The molecule has 0 aliphatic rings. The molecule has 17 heavy (non-hydrogen) atoms. The number of aryl methyl sites for hydroxylation is 1. The molecule has 3 N–H and O–H groups in total. The van der Waals surface area contributed by atoms with Crippen LogP contribution in [0.5, 0.6) is 0 Å². The van der Waals surface area contributed by atoms with Gasteiger partial charge in [0.05, 0.1) is 17.4 Å². The molecule has 0 atom stereocenters. The number of nitrogens with zero attached hydrogens (tertiary/aromatic N) is 1. The number of H-pyrrole nitrogens is 1. The average Bonchev–Trinajstić information content (AvgIpc) is 2.69. The van der Waals surface area contributed by atoms with E-state index in [9.17, 15) is 4.79 Å². The van der Waals surface area contributed by atoms with Gasteiger partial charge in [0, 0.05) is 0 Å². The van der Waals surface area contributed by atoms with Crippen LogP contribution in [0.1, 0.15) is 24.7 Å². The first-order valence-electron chi connectivity index (χ1n) is 5.56. The number of anilines is 1. The van der Waals surface area contributed by atoms with Crippen molar-refractivity contribution in [2.24, 2.45) is 0 Å². The predicted molar refractivity (Wildman–Crippen MR) is 65.7 cm³/mol. The third-order valence-electron chi connectivity index (χ3n) is 2.66. The minimum absolute atomic E-state index is 0.171. The SMILES string of the molecule is CCCc1c(N)nc(-c2ccoc2C)[nH]c1=O. The van der Waals surface area contributed by atoms with E-state index in [2.05, 4.69) is 9.97 Å². The van der Waals surface area contributed by atoms with Gasteiger partial charge in [-0.2, -0.15) is 0 Å². The Balaban J connectivity index is 2.53. The molecule has 0 radical (unpaired) electrons. The molecule has 2 aromatic heterocycles. The van der Waals surface area contributed by atoms with Gasteiger partial charge >= 0.3 is 0 Å². The van der Waals surface area contributed by atoms with Crippen LogP contribution in [0, 0.1) is 6.92 Å². The van der Waals surface area contributed by atoms with Gasteiger partial charge in [-0.3, -0.25) is 4.79 Å². The van der Waals surface area contributed by atoms with Crippen LogP contribution in [0.3, 0.4) is 0 Å². The Labute approximate surface area is 98.7 Å². The van der Waals surface area contributed by atoms with E-state index in [1.165, 1.54) is 0 Å². The first-order chi connectivity index (χ1) is 8.13. The summed E-state index contributed by atoms with van der Waals surface area (Å²) in [6.07, 6.45) is 3.05. The van der Waals surface area contributed by atoms with Crippen molar-refractivity contribution in [1.82, 2.24) is 9.97 Å². The maximum absolute atomic E-state index is 11.9. The largest absolute Gasteiger partial charge is 0.469 e. The molecule has 0 amide bonds. The third-order valence-corrected chi connectivity index (χ3v) is 2.66. The highest BCUT2D eigenvalue weighted by atomic mass is 16.3. The Morgan fingerprint density at radius 1 is 1.53 bits per heavy atom. The van der Waals surface area contributed by atoms with Crippen LogP contribution in [-0.4, -0.2) is 9.97 Å².